The lowest BCUT2D eigenvalue weighted by atomic mass is 10.0. The second kappa shape index (κ2) is 5.97. The first-order valence-corrected chi connectivity index (χ1v) is 7.12. The first-order chi connectivity index (χ1) is 10.3. The number of hydrogen-bond donors (Lipinski definition) is 3. The number of nitrogens with zero attached hydrogens (tertiary/aromatic N) is 3. The zero-order chi connectivity index (χ0) is 14.7. The van der Waals surface area contributed by atoms with Crippen LogP contribution < -0.4 is 21.3 Å². The molecule has 110 valence electrons. The Morgan fingerprint density at radius 3 is 2.86 bits per heavy atom. The Hall–Kier alpha value is -2.34. The van der Waals surface area contributed by atoms with Crippen LogP contribution in [0, 0.1) is 0 Å². The largest absolute Gasteiger partial charge is 0.373 e. The minimum absolute atomic E-state index is 0.298. The van der Waals surface area contributed by atoms with E-state index in [1.165, 1.54) is 5.56 Å². The third-order valence-corrected chi connectivity index (χ3v) is 3.69. The van der Waals surface area contributed by atoms with E-state index in [1.54, 1.807) is 0 Å². The average molecular weight is 284 g/mol. The zero-order valence-corrected chi connectivity index (χ0v) is 12.1. The maximum atomic E-state index is 5.78. The summed E-state index contributed by atoms with van der Waals surface area (Å²) in [5.41, 5.74) is 7.07. The fourth-order valence-electron chi connectivity index (χ4n) is 2.61. The first-order valence-electron chi connectivity index (χ1n) is 7.12. The summed E-state index contributed by atoms with van der Waals surface area (Å²) >= 11 is 0. The topological polar surface area (TPSA) is 79.1 Å². The van der Waals surface area contributed by atoms with Gasteiger partial charge in [0.15, 0.2) is 0 Å². The molecule has 0 bridgehead atoms. The molecule has 1 saturated heterocycles. The number of hydrogen-bond acceptors (Lipinski definition) is 6. The van der Waals surface area contributed by atoms with Crippen molar-refractivity contribution in [3.8, 4) is 0 Å². The average Bonchev–Trinajstić information content (AvgIpc) is 2.55. The molecule has 0 aliphatic carbocycles. The molecule has 0 amide bonds. The quantitative estimate of drug-likeness (QED) is 0.787. The number of nitrogens with two attached hydrogens (primary N) is 1. The van der Waals surface area contributed by atoms with Crippen LogP contribution in [-0.2, 0) is 0 Å². The predicted octanol–water partition coefficient (Wildman–Crippen LogP) is 1.25. The Morgan fingerprint density at radius 1 is 1.29 bits per heavy atom. The van der Waals surface area contributed by atoms with Crippen LogP contribution >= 0.6 is 0 Å². The van der Waals surface area contributed by atoms with E-state index in [2.05, 4.69) is 49.8 Å². The SMILES string of the molecule is CNc1cc(N2CCN[C@H](c3ccccc3)C2)nc(N)n1. The van der Waals surface area contributed by atoms with Crippen molar-refractivity contribution in [1.82, 2.24) is 15.3 Å². The molecular weight excluding hydrogens is 264 g/mol. The van der Waals surface area contributed by atoms with E-state index in [0.717, 1.165) is 31.3 Å². The molecule has 0 unspecified atom stereocenters. The van der Waals surface area contributed by atoms with Crippen molar-refractivity contribution in [1.29, 1.82) is 0 Å². The molecule has 1 aromatic carbocycles. The van der Waals surface area contributed by atoms with Crippen LogP contribution in [0.1, 0.15) is 11.6 Å². The van der Waals surface area contributed by atoms with Gasteiger partial charge in [0, 0.05) is 38.8 Å². The monoisotopic (exact) mass is 284 g/mol. The van der Waals surface area contributed by atoms with Gasteiger partial charge in [-0.2, -0.15) is 9.97 Å². The molecule has 2 aromatic rings. The van der Waals surface area contributed by atoms with Crippen LogP contribution in [0.4, 0.5) is 17.6 Å². The molecule has 21 heavy (non-hydrogen) atoms. The van der Waals surface area contributed by atoms with Gasteiger partial charge in [-0.15, -0.1) is 0 Å². The lowest BCUT2D eigenvalue weighted by molar-refractivity contribution is 0.469. The highest BCUT2D eigenvalue weighted by Crippen LogP contribution is 2.23. The Kier molecular flexibility index (Phi) is 3.87. The van der Waals surface area contributed by atoms with Gasteiger partial charge in [-0.3, -0.25) is 0 Å². The van der Waals surface area contributed by atoms with Crippen LogP contribution in [0.15, 0.2) is 36.4 Å². The molecule has 3 rings (SSSR count). The van der Waals surface area contributed by atoms with Crippen molar-refractivity contribution in [2.75, 3.05) is 42.6 Å². The summed E-state index contributed by atoms with van der Waals surface area (Å²) in [6.45, 7) is 2.69. The first kappa shape index (κ1) is 13.6. The van der Waals surface area contributed by atoms with Gasteiger partial charge in [0.05, 0.1) is 0 Å². The van der Waals surface area contributed by atoms with E-state index in [-0.39, 0.29) is 0 Å². The second-order valence-corrected chi connectivity index (χ2v) is 5.08. The molecule has 0 radical (unpaired) electrons. The van der Waals surface area contributed by atoms with Gasteiger partial charge < -0.3 is 21.3 Å². The summed E-state index contributed by atoms with van der Waals surface area (Å²) in [6.07, 6.45) is 0. The fraction of sp³-hybridized carbons (Fsp3) is 0.333. The van der Waals surface area contributed by atoms with Gasteiger partial charge >= 0.3 is 0 Å². The summed E-state index contributed by atoms with van der Waals surface area (Å²) in [6, 6.07) is 12.7. The molecule has 0 spiro atoms. The lowest BCUT2D eigenvalue weighted by Gasteiger charge is -2.34. The van der Waals surface area contributed by atoms with E-state index in [0.29, 0.717) is 12.0 Å². The molecule has 4 N–H and O–H groups in total. The highest BCUT2D eigenvalue weighted by molar-refractivity contribution is 5.53. The normalized spacial score (nSPS) is 18.5. The van der Waals surface area contributed by atoms with Crippen LogP contribution in [0.25, 0.3) is 0 Å². The maximum absolute atomic E-state index is 5.78. The van der Waals surface area contributed by atoms with E-state index >= 15 is 0 Å². The molecule has 1 aliphatic heterocycles. The van der Waals surface area contributed by atoms with Crippen molar-refractivity contribution >= 4 is 17.6 Å². The number of rotatable bonds is 3. The molecule has 1 aromatic heterocycles. The minimum Gasteiger partial charge on any atom is -0.373 e. The Labute approximate surface area is 124 Å². The van der Waals surface area contributed by atoms with E-state index in [9.17, 15) is 0 Å². The molecule has 1 fully saturated rings. The second-order valence-electron chi connectivity index (χ2n) is 5.08. The third kappa shape index (κ3) is 3.05. The molecular formula is C15H20N6. The molecule has 1 aliphatic rings. The highest BCUT2D eigenvalue weighted by Gasteiger charge is 2.22. The predicted molar refractivity (Wildman–Crippen MR) is 85.4 cm³/mol. The van der Waals surface area contributed by atoms with E-state index in [4.69, 9.17) is 5.73 Å². The van der Waals surface area contributed by atoms with Crippen LogP contribution in [0.3, 0.4) is 0 Å². The molecule has 6 nitrogen and oxygen atoms in total. The maximum Gasteiger partial charge on any atom is 0.223 e. The van der Waals surface area contributed by atoms with Crippen molar-refractivity contribution in [3.05, 3.63) is 42.0 Å². The molecule has 6 heteroatoms. The summed E-state index contributed by atoms with van der Waals surface area (Å²) in [5.74, 6) is 1.91. The van der Waals surface area contributed by atoms with E-state index < -0.39 is 0 Å². The van der Waals surface area contributed by atoms with Gasteiger partial charge in [-0.1, -0.05) is 30.3 Å². The summed E-state index contributed by atoms with van der Waals surface area (Å²) in [4.78, 5) is 10.7. The number of anilines is 3. The summed E-state index contributed by atoms with van der Waals surface area (Å²) < 4.78 is 0. The zero-order valence-electron chi connectivity index (χ0n) is 12.1. The number of nitrogens with one attached hydrogen (secondary N) is 2. The molecule has 0 saturated carbocycles. The molecule has 2 heterocycles. The number of piperazine rings is 1. The van der Waals surface area contributed by atoms with Gasteiger partial charge in [0.2, 0.25) is 5.95 Å². The summed E-state index contributed by atoms with van der Waals surface area (Å²) in [5, 5.41) is 6.56. The van der Waals surface area contributed by atoms with Crippen molar-refractivity contribution < 1.29 is 0 Å². The highest BCUT2D eigenvalue weighted by atomic mass is 15.3. The van der Waals surface area contributed by atoms with Crippen molar-refractivity contribution in [3.63, 3.8) is 0 Å². The standard InChI is InChI=1S/C15H20N6/c1-17-13-9-14(20-15(16)19-13)21-8-7-18-12(10-21)11-5-3-2-4-6-11/h2-6,9,12,18H,7-8,10H2,1H3,(H3,16,17,19,20)/t12-/m0/s1. The number of aromatic nitrogens is 2. The van der Waals surface area contributed by atoms with Gasteiger partial charge in [0.1, 0.15) is 11.6 Å². The Balaban J connectivity index is 1.81. The van der Waals surface area contributed by atoms with Crippen molar-refractivity contribution in [2.24, 2.45) is 0 Å². The smallest absolute Gasteiger partial charge is 0.223 e. The number of benzene rings is 1. The summed E-state index contributed by atoms with van der Waals surface area (Å²) in [7, 11) is 1.83. The fourth-order valence-corrected chi connectivity index (χ4v) is 2.61. The van der Waals surface area contributed by atoms with Crippen molar-refractivity contribution in [2.45, 2.75) is 6.04 Å². The third-order valence-electron chi connectivity index (χ3n) is 3.69. The van der Waals surface area contributed by atoms with Gasteiger partial charge in [0.25, 0.3) is 0 Å². The lowest BCUT2D eigenvalue weighted by Crippen LogP contribution is -2.46. The Bertz CT molecular complexity index is 600. The van der Waals surface area contributed by atoms with Gasteiger partial charge in [-0.05, 0) is 5.56 Å². The van der Waals surface area contributed by atoms with Crippen LogP contribution in [-0.4, -0.2) is 36.6 Å². The number of nitrogen functional groups attached to an aromatic ring is 1. The Morgan fingerprint density at radius 2 is 2.10 bits per heavy atom. The minimum atomic E-state index is 0.298. The van der Waals surface area contributed by atoms with Crippen LogP contribution in [0.2, 0.25) is 0 Å². The van der Waals surface area contributed by atoms with Gasteiger partial charge in [-0.25, -0.2) is 0 Å². The van der Waals surface area contributed by atoms with Crippen LogP contribution in [0.5, 0.6) is 0 Å². The van der Waals surface area contributed by atoms with E-state index in [1.807, 2.05) is 19.2 Å². The molecule has 1 atom stereocenters.